The van der Waals surface area contributed by atoms with E-state index in [1.165, 1.54) is 0 Å². The van der Waals surface area contributed by atoms with Crippen LogP contribution >= 0.6 is 0 Å². The van der Waals surface area contributed by atoms with Gasteiger partial charge in [0.25, 0.3) is 11.5 Å². The molecule has 0 fully saturated rings. The Kier molecular flexibility index (Phi) is 2.81. The van der Waals surface area contributed by atoms with Crippen molar-refractivity contribution in [3.63, 3.8) is 0 Å². The van der Waals surface area contributed by atoms with Crippen molar-refractivity contribution >= 4 is 5.91 Å². The Morgan fingerprint density at radius 2 is 2.29 bits per heavy atom. The molecule has 1 amide bonds. The normalized spacial score (nSPS) is 10.1. The van der Waals surface area contributed by atoms with Crippen LogP contribution in [-0.2, 0) is 6.54 Å². The number of nitrogens with zero attached hydrogens (tertiary/aromatic N) is 3. The van der Waals surface area contributed by atoms with Crippen LogP contribution in [0.25, 0.3) is 0 Å². The summed E-state index contributed by atoms with van der Waals surface area (Å²) in [6, 6.07) is 2.22. The van der Waals surface area contributed by atoms with E-state index in [9.17, 15) is 9.59 Å². The fourth-order valence-electron chi connectivity index (χ4n) is 1.18. The number of H-pyrrole nitrogens is 2. The molecule has 9 nitrogen and oxygen atoms in total. The molecule has 2 aromatic rings. The van der Waals surface area contributed by atoms with Crippen LogP contribution in [0.3, 0.4) is 0 Å². The molecule has 0 aromatic carbocycles. The summed E-state index contributed by atoms with van der Waals surface area (Å²) in [5, 5.41) is 24.4. The first-order valence-electron chi connectivity index (χ1n) is 4.59. The van der Waals surface area contributed by atoms with Gasteiger partial charge in [-0.3, -0.25) is 14.6 Å². The van der Waals surface area contributed by atoms with E-state index in [2.05, 4.69) is 30.9 Å². The minimum absolute atomic E-state index is 0.0507. The van der Waals surface area contributed by atoms with Crippen molar-refractivity contribution in [3.8, 4) is 5.88 Å². The Balaban J connectivity index is 2.07. The highest BCUT2D eigenvalue weighted by atomic mass is 16.3. The highest BCUT2D eigenvalue weighted by Crippen LogP contribution is 2.03. The number of aromatic hydroxyl groups is 1. The maximum atomic E-state index is 11.6. The lowest BCUT2D eigenvalue weighted by molar-refractivity contribution is 0.0949. The molecule has 9 heteroatoms. The van der Waals surface area contributed by atoms with Gasteiger partial charge in [-0.05, 0) is 0 Å². The van der Waals surface area contributed by atoms with Gasteiger partial charge in [0, 0.05) is 12.1 Å². The van der Waals surface area contributed by atoms with E-state index in [0.29, 0.717) is 5.82 Å². The molecule has 2 aromatic heterocycles. The van der Waals surface area contributed by atoms with Gasteiger partial charge in [-0.15, -0.1) is 10.2 Å². The van der Waals surface area contributed by atoms with Crippen molar-refractivity contribution in [2.24, 2.45) is 0 Å². The highest BCUT2D eigenvalue weighted by molar-refractivity contribution is 5.94. The number of hydrogen-bond acceptors (Lipinski definition) is 6. The summed E-state index contributed by atoms with van der Waals surface area (Å²) < 4.78 is 0. The molecule has 88 valence electrons. The van der Waals surface area contributed by atoms with Crippen LogP contribution < -0.4 is 10.9 Å². The number of aromatic amines is 2. The summed E-state index contributed by atoms with van der Waals surface area (Å²) in [6.45, 7) is 0.0723. The zero-order chi connectivity index (χ0) is 12.3. The first kappa shape index (κ1) is 10.8. The molecule has 17 heavy (non-hydrogen) atoms. The molecule has 0 bridgehead atoms. The van der Waals surface area contributed by atoms with Crippen LogP contribution in [0.4, 0.5) is 0 Å². The predicted octanol–water partition coefficient (Wildman–Crippen LogP) is -1.48. The van der Waals surface area contributed by atoms with Crippen LogP contribution in [0.2, 0.25) is 0 Å². The highest BCUT2D eigenvalue weighted by Gasteiger charge is 2.08. The van der Waals surface area contributed by atoms with E-state index in [-0.39, 0.29) is 18.0 Å². The van der Waals surface area contributed by atoms with E-state index < -0.39 is 11.5 Å². The third kappa shape index (κ3) is 2.65. The van der Waals surface area contributed by atoms with Crippen molar-refractivity contribution in [3.05, 3.63) is 33.9 Å². The Bertz CT molecular complexity index is 575. The summed E-state index contributed by atoms with van der Waals surface area (Å²) in [5.74, 6) is -0.578. The number of amides is 1. The zero-order valence-corrected chi connectivity index (χ0v) is 8.47. The van der Waals surface area contributed by atoms with Gasteiger partial charge in [-0.25, -0.2) is 0 Å². The molecule has 0 aliphatic heterocycles. The van der Waals surface area contributed by atoms with Crippen LogP contribution in [0.15, 0.2) is 16.9 Å². The third-order valence-electron chi connectivity index (χ3n) is 1.89. The number of carbonyl (C=O) groups is 1. The van der Waals surface area contributed by atoms with Gasteiger partial charge >= 0.3 is 0 Å². The monoisotopic (exact) mass is 236 g/mol. The van der Waals surface area contributed by atoms with Crippen LogP contribution in [-0.4, -0.2) is 36.6 Å². The summed E-state index contributed by atoms with van der Waals surface area (Å²) in [5.41, 5.74) is -0.510. The number of rotatable bonds is 3. The number of carbonyl (C=O) groups excluding carboxylic acids is 1. The van der Waals surface area contributed by atoms with E-state index in [4.69, 9.17) is 5.11 Å². The number of nitrogens with one attached hydrogen (secondary N) is 3. The smallest absolute Gasteiger partial charge is 0.252 e. The predicted molar refractivity (Wildman–Crippen MR) is 54.1 cm³/mol. The maximum absolute atomic E-state index is 11.6. The van der Waals surface area contributed by atoms with Crippen LogP contribution in [0.5, 0.6) is 5.88 Å². The minimum Gasteiger partial charge on any atom is -0.494 e. The molecule has 4 N–H and O–H groups in total. The zero-order valence-electron chi connectivity index (χ0n) is 8.47. The van der Waals surface area contributed by atoms with E-state index in [1.54, 1.807) is 0 Å². The lowest BCUT2D eigenvalue weighted by atomic mass is 10.2. The van der Waals surface area contributed by atoms with Crippen LogP contribution in [0.1, 0.15) is 16.2 Å². The fourth-order valence-corrected chi connectivity index (χ4v) is 1.18. The van der Waals surface area contributed by atoms with Crippen molar-refractivity contribution < 1.29 is 9.90 Å². The van der Waals surface area contributed by atoms with Crippen molar-refractivity contribution in [1.82, 2.24) is 30.9 Å². The largest absolute Gasteiger partial charge is 0.494 e. The molecule has 0 aliphatic carbocycles. The van der Waals surface area contributed by atoms with Gasteiger partial charge in [0.2, 0.25) is 0 Å². The number of pyridine rings is 1. The van der Waals surface area contributed by atoms with Gasteiger partial charge in [0.15, 0.2) is 11.7 Å². The number of hydrogen-bond donors (Lipinski definition) is 4. The Morgan fingerprint density at radius 3 is 2.94 bits per heavy atom. The first-order chi connectivity index (χ1) is 8.15. The van der Waals surface area contributed by atoms with Gasteiger partial charge in [-0.2, -0.15) is 5.21 Å². The average molecular weight is 236 g/mol. The molecule has 0 aliphatic rings. The lowest BCUT2D eigenvalue weighted by Gasteiger charge is -2.02. The second-order valence-electron chi connectivity index (χ2n) is 3.13. The van der Waals surface area contributed by atoms with Gasteiger partial charge in [-0.1, -0.05) is 5.21 Å². The molecule has 0 saturated heterocycles. The molecular weight excluding hydrogens is 228 g/mol. The summed E-state index contributed by atoms with van der Waals surface area (Å²) >= 11 is 0. The van der Waals surface area contributed by atoms with Crippen molar-refractivity contribution in [1.29, 1.82) is 0 Å². The molecular formula is C8H8N6O3. The van der Waals surface area contributed by atoms with E-state index in [1.807, 2.05) is 0 Å². The molecule has 0 unspecified atom stereocenters. The quantitative estimate of drug-likeness (QED) is 0.513. The molecule has 0 saturated carbocycles. The summed E-state index contributed by atoms with van der Waals surface area (Å²) in [4.78, 5) is 24.7. The SMILES string of the molecule is O=C(NCc1nn[nH]n1)c1cc(O)[nH]c(=O)c1. The van der Waals surface area contributed by atoms with Crippen molar-refractivity contribution in [2.75, 3.05) is 0 Å². The van der Waals surface area contributed by atoms with Gasteiger partial charge in [0.05, 0.1) is 12.1 Å². The number of aromatic nitrogens is 5. The summed E-state index contributed by atoms with van der Waals surface area (Å²) in [6.07, 6.45) is 0. The average Bonchev–Trinajstić information content (AvgIpc) is 2.77. The first-order valence-corrected chi connectivity index (χ1v) is 4.59. The molecule has 0 radical (unpaired) electrons. The molecule has 0 spiro atoms. The standard InChI is InChI=1S/C8H8N6O3/c15-6-1-4(2-7(16)10-6)8(17)9-3-5-11-13-14-12-5/h1-2H,3H2,(H,9,17)(H2,10,15,16)(H,11,12,13,14). The third-order valence-corrected chi connectivity index (χ3v) is 1.89. The molecule has 2 heterocycles. The fraction of sp³-hybridized carbons (Fsp3) is 0.125. The molecule has 0 atom stereocenters. The van der Waals surface area contributed by atoms with Crippen LogP contribution in [0, 0.1) is 0 Å². The van der Waals surface area contributed by atoms with Crippen molar-refractivity contribution in [2.45, 2.75) is 6.54 Å². The summed E-state index contributed by atoms with van der Waals surface area (Å²) in [7, 11) is 0. The molecule has 2 rings (SSSR count). The van der Waals surface area contributed by atoms with E-state index in [0.717, 1.165) is 12.1 Å². The minimum atomic E-state index is -0.560. The van der Waals surface area contributed by atoms with E-state index >= 15 is 0 Å². The van der Waals surface area contributed by atoms with Gasteiger partial charge in [0.1, 0.15) is 0 Å². The Morgan fingerprint density at radius 1 is 1.47 bits per heavy atom. The Hall–Kier alpha value is -2.71. The maximum Gasteiger partial charge on any atom is 0.252 e. The second-order valence-corrected chi connectivity index (χ2v) is 3.13. The Labute approximate surface area is 93.9 Å². The second kappa shape index (κ2) is 4.43. The van der Waals surface area contributed by atoms with Gasteiger partial charge < -0.3 is 10.4 Å². The lowest BCUT2D eigenvalue weighted by Crippen LogP contribution is -2.24. The topological polar surface area (TPSA) is 137 Å². The number of tetrazole rings is 1.